The van der Waals surface area contributed by atoms with E-state index in [1.165, 1.54) is 4.90 Å². The van der Waals surface area contributed by atoms with Crippen LogP contribution in [0.4, 0.5) is 0 Å². The van der Waals surface area contributed by atoms with Crippen LogP contribution in [0.1, 0.15) is 78.1 Å². The summed E-state index contributed by atoms with van der Waals surface area (Å²) in [4.78, 5) is 54.9. The van der Waals surface area contributed by atoms with Crippen LogP contribution in [0.3, 0.4) is 0 Å². The predicted molar refractivity (Wildman–Crippen MR) is 139 cm³/mol. The number of fused-ring (bicyclic) bond motifs is 1. The van der Waals surface area contributed by atoms with Crippen molar-refractivity contribution < 1.29 is 23.9 Å². The molecule has 0 radical (unpaired) electrons. The van der Waals surface area contributed by atoms with Gasteiger partial charge in [-0.05, 0) is 55.5 Å². The van der Waals surface area contributed by atoms with Crippen molar-refractivity contribution in [2.24, 2.45) is 0 Å². The predicted octanol–water partition coefficient (Wildman–Crippen LogP) is 3.94. The van der Waals surface area contributed by atoms with Crippen molar-refractivity contribution in [3.05, 3.63) is 65.2 Å². The Bertz CT molecular complexity index is 1110. The van der Waals surface area contributed by atoms with Crippen LogP contribution in [0, 0.1) is 0 Å². The molecule has 0 aromatic heterocycles. The Morgan fingerprint density at radius 1 is 1.03 bits per heavy atom. The average Bonchev–Trinajstić information content (AvgIpc) is 3.51. The molecule has 37 heavy (non-hydrogen) atoms. The minimum atomic E-state index is -0.602. The number of nitrogens with one attached hydrogen (secondary N) is 1. The largest absolute Gasteiger partial charge is 0.497 e. The first kappa shape index (κ1) is 26.4. The van der Waals surface area contributed by atoms with Crippen molar-refractivity contribution in [1.29, 1.82) is 0 Å². The van der Waals surface area contributed by atoms with Crippen LogP contribution in [-0.2, 0) is 16.1 Å². The number of carbonyl (C=O) groups excluding carboxylic acids is 4. The molecule has 0 saturated heterocycles. The van der Waals surface area contributed by atoms with Gasteiger partial charge in [-0.1, -0.05) is 44.0 Å². The van der Waals surface area contributed by atoms with Gasteiger partial charge in [-0.3, -0.25) is 24.1 Å². The van der Waals surface area contributed by atoms with Gasteiger partial charge in [0.25, 0.3) is 11.8 Å². The molecule has 0 unspecified atom stereocenters. The molecule has 1 saturated carbocycles. The zero-order chi connectivity index (χ0) is 26.4. The van der Waals surface area contributed by atoms with Crippen LogP contribution in [0.15, 0.2) is 48.5 Å². The summed E-state index contributed by atoms with van der Waals surface area (Å²) >= 11 is 0. The van der Waals surface area contributed by atoms with E-state index in [0.717, 1.165) is 31.2 Å². The topological polar surface area (TPSA) is 96.0 Å². The summed E-state index contributed by atoms with van der Waals surface area (Å²) in [5.74, 6) is -0.248. The first-order valence-corrected chi connectivity index (χ1v) is 13.1. The average molecular weight is 506 g/mol. The van der Waals surface area contributed by atoms with Crippen molar-refractivity contribution in [3.8, 4) is 5.75 Å². The van der Waals surface area contributed by atoms with E-state index >= 15 is 0 Å². The van der Waals surface area contributed by atoms with Gasteiger partial charge in [0, 0.05) is 25.6 Å². The quantitative estimate of drug-likeness (QED) is 0.467. The first-order chi connectivity index (χ1) is 17.9. The minimum Gasteiger partial charge on any atom is -0.497 e. The Balaban J connectivity index is 1.44. The number of methoxy groups -OCH3 is 1. The second kappa shape index (κ2) is 12.0. The second-order valence-electron chi connectivity index (χ2n) is 9.69. The highest BCUT2D eigenvalue weighted by atomic mass is 16.5. The molecule has 8 nitrogen and oxygen atoms in total. The Kier molecular flexibility index (Phi) is 8.58. The molecule has 0 spiro atoms. The third-order valence-corrected chi connectivity index (χ3v) is 7.25. The van der Waals surface area contributed by atoms with Crippen molar-refractivity contribution in [2.75, 3.05) is 13.7 Å². The molecule has 1 aliphatic carbocycles. The lowest BCUT2D eigenvalue weighted by atomic mass is 10.1. The van der Waals surface area contributed by atoms with E-state index in [-0.39, 0.29) is 49.2 Å². The zero-order valence-corrected chi connectivity index (χ0v) is 21.6. The number of rotatable bonds is 11. The van der Waals surface area contributed by atoms with Crippen LogP contribution < -0.4 is 10.1 Å². The number of imide groups is 1. The van der Waals surface area contributed by atoms with Gasteiger partial charge in [0.2, 0.25) is 11.8 Å². The van der Waals surface area contributed by atoms with Gasteiger partial charge in [-0.2, -0.15) is 0 Å². The smallest absolute Gasteiger partial charge is 0.261 e. The molecule has 8 heteroatoms. The summed E-state index contributed by atoms with van der Waals surface area (Å²) in [5, 5.41) is 3.14. The number of amides is 4. The summed E-state index contributed by atoms with van der Waals surface area (Å²) in [6.45, 7) is 2.35. The Morgan fingerprint density at radius 2 is 1.65 bits per heavy atom. The molecule has 2 aliphatic rings. The highest BCUT2D eigenvalue weighted by Crippen LogP contribution is 2.24. The van der Waals surface area contributed by atoms with Gasteiger partial charge in [-0.15, -0.1) is 0 Å². The maximum atomic E-state index is 13.5. The van der Waals surface area contributed by atoms with E-state index < -0.39 is 6.04 Å². The highest BCUT2D eigenvalue weighted by molar-refractivity contribution is 6.21. The molecule has 2 aromatic rings. The normalized spacial score (nSPS) is 16.0. The first-order valence-electron chi connectivity index (χ1n) is 13.1. The summed E-state index contributed by atoms with van der Waals surface area (Å²) in [6.07, 6.45) is 5.07. The molecule has 196 valence electrons. The molecule has 1 heterocycles. The van der Waals surface area contributed by atoms with Crippen molar-refractivity contribution in [1.82, 2.24) is 15.1 Å². The zero-order valence-electron chi connectivity index (χ0n) is 21.6. The van der Waals surface area contributed by atoms with Crippen LogP contribution in [0.2, 0.25) is 0 Å². The fourth-order valence-electron chi connectivity index (χ4n) is 5.19. The Labute approximate surface area is 218 Å². The lowest BCUT2D eigenvalue weighted by Gasteiger charge is -2.31. The van der Waals surface area contributed by atoms with Gasteiger partial charge in [0.15, 0.2) is 0 Å². The minimum absolute atomic E-state index is 0.122. The van der Waals surface area contributed by atoms with Gasteiger partial charge in [0.05, 0.1) is 18.2 Å². The summed E-state index contributed by atoms with van der Waals surface area (Å²) in [6, 6.07) is 13.8. The highest BCUT2D eigenvalue weighted by Gasteiger charge is 2.35. The third-order valence-electron chi connectivity index (χ3n) is 7.25. The fourth-order valence-corrected chi connectivity index (χ4v) is 5.19. The molecule has 4 rings (SSSR count). The SMILES string of the molecule is CC[C@H](C(=O)NC1CCCC1)N(Cc1ccc(OC)cc1)C(=O)CCCN1C(=O)c2ccccc2C1=O. The number of ether oxygens (including phenoxy) is 1. The molecule has 1 fully saturated rings. The molecule has 4 amide bonds. The van der Waals surface area contributed by atoms with Gasteiger partial charge < -0.3 is 15.0 Å². The summed E-state index contributed by atoms with van der Waals surface area (Å²) in [5.41, 5.74) is 1.69. The number of hydrogen-bond acceptors (Lipinski definition) is 5. The summed E-state index contributed by atoms with van der Waals surface area (Å²) < 4.78 is 5.24. The number of nitrogens with zero attached hydrogens (tertiary/aromatic N) is 2. The van der Waals surface area contributed by atoms with E-state index in [1.54, 1.807) is 36.3 Å². The van der Waals surface area contributed by atoms with Gasteiger partial charge >= 0.3 is 0 Å². The molecule has 2 aromatic carbocycles. The van der Waals surface area contributed by atoms with E-state index in [0.29, 0.717) is 29.7 Å². The van der Waals surface area contributed by atoms with Crippen molar-refractivity contribution >= 4 is 23.6 Å². The molecule has 1 aliphatic heterocycles. The van der Waals surface area contributed by atoms with E-state index in [1.807, 2.05) is 31.2 Å². The lowest BCUT2D eigenvalue weighted by molar-refractivity contribution is -0.141. The molecular formula is C29H35N3O5. The van der Waals surface area contributed by atoms with Crippen LogP contribution in [0.25, 0.3) is 0 Å². The Morgan fingerprint density at radius 3 is 2.22 bits per heavy atom. The summed E-state index contributed by atoms with van der Waals surface area (Å²) in [7, 11) is 1.60. The maximum Gasteiger partial charge on any atom is 0.261 e. The molecule has 0 bridgehead atoms. The number of hydrogen-bond donors (Lipinski definition) is 1. The molecule has 1 atom stereocenters. The maximum absolute atomic E-state index is 13.5. The van der Waals surface area contributed by atoms with Crippen molar-refractivity contribution in [3.63, 3.8) is 0 Å². The second-order valence-corrected chi connectivity index (χ2v) is 9.69. The van der Waals surface area contributed by atoms with E-state index in [2.05, 4.69) is 5.32 Å². The Hall–Kier alpha value is -3.68. The molecule has 1 N–H and O–H groups in total. The van der Waals surface area contributed by atoms with Gasteiger partial charge in [-0.25, -0.2) is 0 Å². The van der Waals surface area contributed by atoms with Gasteiger partial charge in [0.1, 0.15) is 11.8 Å². The lowest BCUT2D eigenvalue weighted by Crippen LogP contribution is -2.51. The van der Waals surface area contributed by atoms with E-state index in [9.17, 15) is 19.2 Å². The molecular weight excluding hydrogens is 470 g/mol. The van der Waals surface area contributed by atoms with Crippen molar-refractivity contribution in [2.45, 2.75) is 70.5 Å². The van der Waals surface area contributed by atoms with Crippen LogP contribution >= 0.6 is 0 Å². The third kappa shape index (κ3) is 6.01. The fraction of sp³-hybridized carbons (Fsp3) is 0.448. The van der Waals surface area contributed by atoms with Crippen LogP contribution in [0.5, 0.6) is 5.75 Å². The number of carbonyl (C=O) groups is 4. The van der Waals surface area contributed by atoms with E-state index in [4.69, 9.17) is 4.74 Å². The monoisotopic (exact) mass is 505 g/mol. The van der Waals surface area contributed by atoms with Crippen LogP contribution in [-0.4, -0.2) is 59.2 Å². The standard InChI is InChI=1S/C29H35N3O5/c1-3-25(27(34)30-21-9-4-5-10-21)32(19-20-14-16-22(37-2)17-15-20)26(33)13-8-18-31-28(35)23-11-6-7-12-24(23)29(31)36/h6-7,11-12,14-17,21,25H,3-5,8-10,13,18-19H2,1-2H3,(H,30,34)/t25-/m1/s1. The number of benzene rings is 2.